The molecule has 3 heterocycles. The van der Waals surface area contributed by atoms with Crippen LogP contribution in [0.2, 0.25) is 0 Å². The van der Waals surface area contributed by atoms with E-state index in [0.29, 0.717) is 19.1 Å². The molecule has 2 aromatic heterocycles. The molecule has 0 aliphatic carbocycles. The summed E-state index contributed by atoms with van der Waals surface area (Å²) in [5, 5.41) is 6.14. The first kappa shape index (κ1) is 17.0. The molecule has 3 rings (SSSR count). The highest BCUT2D eigenvalue weighted by molar-refractivity contribution is 7.09. The number of thiazole rings is 1. The number of furan rings is 1. The van der Waals surface area contributed by atoms with Crippen molar-refractivity contribution in [1.82, 2.24) is 15.2 Å². The minimum atomic E-state index is -0.281. The number of aryl methyl sites for hydroxylation is 1. The van der Waals surface area contributed by atoms with Gasteiger partial charge in [-0.2, -0.15) is 0 Å². The van der Waals surface area contributed by atoms with Gasteiger partial charge in [-0.15, -0.1) is 11.3 Å². The van der Waals surface area contributed by atoms with Gasteiger partial charge in [-0.05, 0) is 31.9 Å². The summed E-state index contributed by atoms with van der Waals surface area (Å²) in [5.41, 5.74) is 0. The van der Waals surface area contributed by atoms with Crippen LogP contribution in [0.3, 0.4) is 0 Å². The Kier molecular flexibility index (Phi) is 5.52. The molecule has 0 aromatic carbocycles. The zero-order valence-electron chi connectivity index (χ0n) is 14.0. The first-order chi connectivity index (χ1) is 11.7. The molecule has 2 atom stereocenters. The summed E-state index contributed by atoms with van der Waals surface area (Å²) in [6.45, 7) is 3.74. The van der Waals surface area contributed by atoms with Crippen LogP contribution in [0, 0.1) is 6.92 Å². The lowest BCUT2D eigenvalue weighted by atomic mass is 9.99. The molecule has 2 amide bonds. The van der Waals surface area contributed by atoms with Gasteiger partial charge in [-0.1, -0.05) is 0 Å². The number of urea groups is 1. The number of carbonyl (C=O) groups is 1. The van der Waals surface area contributed by atoms with Crippen LogP contribution in [0.15, 0.2) is 28.1 Å². The van der Waals surface area contributed by atoms with Gasteiger partial charge in [0.05, 0.1) is 11.6 Å². The summed E-state index contributed by atoms with van der Waals surface area (Å²) < 4.78 is 10.9. The van der Waals surface area contributed by atoms with Crippen molar-refractivity contribution in [2.24, 2.45) is 0 Å². The number of nitrogens with zero attached hydrogens (tertiary/aromatic N) is 2. The predicted octanol–water partition coefficient (Wildman–Crippen LogP) is 3.32. The second-order valence-electron chi connectivity index (χ2n) is 6.06. The van der Waals surface area contributed by atoms with Crippen molar-refractivity contribution >= 4 is 17.4 Å². The maximum absolute atomic E-state index is 12.7. The lowest BCUT2D eigenvalue weighted by molar-refractivity contribution is 0.141. The monoisotopic (exact) mass is 349 g/mol. The van der Waals surface area contributed by atoms with Crippen LogP contribution in [0.4, 0.5) is 4.79 Å². The Morgan fingerprint density at radius 2 is 2.46 bits per heavy atom. The van der Waals surface area contributed by atoms with Gasteiger partial charge in [0.15, 0.2) is 0 Å². The van der Waals surface area contributed by atoms with Gasteiger partial charge in [0.2, 0.25) is 0 Å². The van der Waals surface area contributed by atoms with E-state index in [2.05, 4.69) is 10.3 Å². The highest BCUT2D eigenvalue weighted by atomic mass is 32.1. The number of hydrogen-bond donors (Lipinski definition) is 1. The molecule has 1 N–H and O–H groups in total. The van der Waals surface area contributed by atoms with Gasteiger partial charge >= 0.3 is 6.03 Å². The number of rotatable bonds is 5. The Morgan fingerprint density at radius 1 is 1.58 bits per heavy atom. The van der Waals surface area contributed by atoms with Crippen LogP contribution in [0.1, 0.15) is 41.3 Å². The molecule has 2 aromatic rings. The smallest absolute Gasteiger partial charge is 0.318 e. The van der Waals surface area contributed by atoms with Crippen molar-refractivity contribution in [1.29, 1.82) is 0 Å². The summed E-state index contributed by atoms with van der Waals surface area (Å²) in [6, 6.07) is 3.42. The number of methoxy groups -OCH3 is 1. The number of hydrogen-bond acceptors (Lipinski definition) is 5. The molecule has 0 spiro atoms. The number of ether oxygens (including phenoxy) is 1. The minimum Gasteiger partial charge on any atom is -0.464 e. The van der Waals surface area contributed by atoms with E-state index in [9.17, 15) is 4.79 Å². The second kappa shape index (κ2) is 7.81. The Morgan fingerprint density at radius 3 is 3.12 bits per heavy atom. The van der Waals surface area contributed by atoms with Crippen molar-refractivity contribution in [2.75, 3.05) is 26.8 Å². The summed E-state index contributed by atoms with van der Waals surface area (Å²) in [5.74, 6) is 1.87. The maximum Gasteiger partial charge on any atom is 0.318 e. The summed E-state index contributed by atoms with van der Waals surface area (Å²) in [7, 11) is 1.62. The van der Waals surface area contributed by atoms with Gasteiger partial charge in [0.1, 0.15) is 17.6 Å². The third-order valence-corrected chi connectivity index (χ3v) is 5.18. The van der Waals surface area contributed by atoms with Gasteiger partial charge in [-0.3, -0.25) is 0 Å². The quantitative estimate of drug-likeness (QED) is 0.899. The first-order valence-corrected chi connectivity index (χ1v) is 9.05. The molecule has 1 fully saturated rings. The number of amides is 2. The predicted molar refractivity (Wildman–Crippen MR) is 92.3 cm³/mol. The molecule has 7 heteroatoms. The SMILES string of the molecule is COC[C@@H](NC(=O)N1CCC[C@@H](c2nccs2)C1)c1ccc(C)o1. The summed E-state index contributed by atoms with van der Waals surface area (Å²) in [6.07, 6.45) is 3.90. The molecular formula is C17H23N3O3S. The normalized spacial score (nSPS) is 19.2. The largest absolute Gasteiger partial charge is 0.464 e. The van der Waals surface area contributed by atoms with E-state index in [1.807, 2.05) is 35.5 Å². The third-order valence-electron chi connectivity index (χ3n) is 4.24. The zero-order chi connectivity index (χ0) is 16.9. The third kappa shape index (κ3) is 3.96. The van der Waals surface area contributed by atoms with Crippen LogP contribution >= 0.6 is 11.3 Å². The molecule has 1 aliphatic heterocycles. The van der Waals surface area contributed by atoms with E-state index in [1.165, 1.54) is 0 Å². The first-order valence-electron chi connectivity index (χ1n) is 8.17. The number of piperidine rings is 1. The molecule has 1 aliphatic rings. The summed E-state index contributed by atoms with van der Waals surface area (Å²) >= 11 is 1.66. The Bertz CT molecular complexity index is 656. The fraction of sp³-hybridized carbons (Fsp3) is 0.529. The highest BCUT2D eigenvalue weighted by Gasteiger charge is 2.28. The zero-order valence-corrected chi connectivity index (χ0v) is 14.8. The van der Waals surface area contributed by atoms with Crippen molar-refractivity contribution in [3.63, 3.8) is 0 Å². The average molecular weight is 349 g/mol. The standard InChI is InChI=1S/C17H23N3O3S/c1-12-5-6-15(23-12)14(11-22-2)19-17(21)20-8-3-4-13(10-20)16-18-7-9-24-16/h5-7,9,13-14H,3-4,8,10-11H2,1-2H3,(H,19,21)/t13-,14-/m1/s1. The molecular weight excluding hydrogens is 326 g/mol. The van der Waals surface area contributed by atoms with Crippen LogP contribution in [-0.4, -0.2) is 42.7 Å². The fourth-order valence-corrected chi connectivity index (χ4v) is 3.81. The van der Waals surface area contributed by atoms with E-state index in [0.717, 1.165) is 35.9 Å². The number of carbonyl (C=O) groups excluding carboxylic acids is 1. The van der Waals surface area contributed by atoms with E-state index < -0.39 is 0 Å². The van der Waals surface area contributed by atoms with Crippen molar-refractivity contribution in [3.05, 3.63) is 40.2 Å². The van der Waals surface area contributed by atoms with E-state index in [4.69, 9.17) is 9.15 Å². The Balaban J connectivity index is 1.64. The molecule has 130 valence electrons. The van der Waals surface area contributed by atoms with Crippen LogP contribution in [0.5, 0.6) is 0 Å². The van der Waals surface area contributed by atoms with Gasteiger partial charge in [0, 0.05) is 37.7 Å². The van der Waals surface area contributed by atoms with Crippen LogP contribution < -0.4 is 5.32 Å². The fourth-order valence-electron chi connectivity index (χ4n) is 3.04. The minimum absolute atomic E-state index is 0.0765. The van der Waals surface area contributed by atoms with Gasteiger partial charge in [0.25, 0.3) is 0 Å². The van der Waals surface area contributed by atoms with E-state index in [1.54, 1.807) is 18.4 Å². The number of likely N-dealkylation sites (tertiary alicyclic amines) is 1. The lowest BCUT2D eigenvalue weighted by Crippen LogP contribution is -2.46. The highest BCUT2D eigenvalue weighted by Crippen LogP contribution is 2.28. The molecule has 0 radical (unpaired) electrons. The molecule has 24 heavy (non-hydrogen) atoms. The van der Waals surface area contributed by atoms with Crippen molar-refractivity contribution < 1.29 is 13.9 Å². The van der Waals surface area contributed by atoms with Gasteiger partial charge in [-0.25, -0.2) is 9.78 Å². The molecule has 0 saturated carbocycles. The topological polar surface area (TPSA) is 67.6 Å². The number of aromatic nitrogens is 1. The summed E-state index contributed by atoms with van der Waals surface area (Å²) in [4.78, 5) is 18.9. The van der Waals surface area contributed by atoms with Crippen molar-refractivity contribution in [2.45, 2.75) is 31.7 Å². The van der Waals surface area contributed by atoms with Crippen LogP contribution in [-0.2, 0) is 4.74 Å². The molecule has 0 bridgehead atoms. The molecule has 1 saturated heterocycles. The van der Waals surface area contributed by atoms with E-state index >= 15 is 0 Å². The Labute approximate surface area is 145 Å². The molecule has 6 nitrogen and oxygen atoms in total. The Hall–Kier alpha value is -1.86. The lowest BCUT2D eigenvalue weighted by Gasteiger charge is -2.32. The molecule has 0 unspecified atom stereocenters. The number of nitrogens with one attached hydrogen (secondary N) is 1. The average Bonchev–Trinajstić information content (AvgIpc) is 3.26. The van der Waals surface area contributed by atoms with Crippen LogP contribution in [0.25, 0.3) is 0 Å². The van der Waals surface area contributed by atoms with Gasteiger partial charge < -0.3 is 19.4 Å². The second-order valence-corrected chi connectivity index (χ2v) is 6.99. The maximum atomic E-state index is 12.7. The van der Waals surface area contributed by atoms with E-state index in [-0.39, 0.29) is 12.1 Å². The van der Waals surface area contributed by atoms with Crippen molar-refractivity contribution in [3.8, 4) is 0 Å².